The quantitative estimate of drug-likeness (QED) is 0.450. The van der Waals surface area contributed by atoms with Crippen LogP contribution >= 0.6 is 0 Å². The van der Waals surface area contributed by atoms with E-state index in [4.69, 9.17) is 0 Å². The van der Waals surface area contributed by atoms with Crippen molar-refractivity contribution in [2.75, 3.05) is 4.90 Å². The molecule has 3 aromatic carbocycles. The predicted molar refractivity (Wildman–Crippen MR) is 124 cm³/mol. The molecule has 3 aromatic rings. The Bertz CT molecular complexity index is 1280. The minimum atomic E-state index is -4.91. The first-order valence-electron chi connectivity index (χ1n) is 10.9. The van der Waals surface area contributed by atoms with Crippen LogP contribution in [-0.4, -0.2) is 23.2 Å². The van der Waals surface area contributed by atoms with E-state index in [1.807, 2.05) is 43.3 Å². The number of anilines is 1. The molecule has 0 aromatic heterocycles. The zero-order valence-corrected chi connectivity index (χ0v) is 18.8. The fraction of sp³-hybridized carbons (Fsp3) is 0.185. The Morgan fingerprint density at radius 2 is 1.71 bits per heavy atom. The first kappa shape index (κ1) is 24.1. The van der Waals surface area contributed by atoms with Crippen molar-refractivity contribution in [1.29, 1.82) is 0 Å². The smallest absolute Gasteiger partial charge is 0.503 e. The van der Waals surface area contributed by atoms with Crippen LogP contribution in [0.15, 0.2) is 90.2 Å². The summed E-state index contributed by atoms with van der Waals surface area (Å²) in [5, 5.41) is 10.8. The molecule has 0 saturated heterocycles. The SMILES string of the molecule is Cc1cccc(C2C(C(=O)CCc3ccccc3)=C(O)C(=O)N2c2cccc(OC(F)(F)F)c2)c1. The maximum Gasteiger partial charge on any atom is 0.573 e. The van der Waals surface area contributed by atoms with E-state index in [0.29, 0.717) is 12.0 Å². The van der Waals surface area contributed by atoms with Gasteiger partial charge in [-0.1, -0.05) is 66.2 Å². The number of nitrogens with zero attached hydrogens (tertiary/aromatic N) is 1. The molecule has 5 nitrogen and oxygen atoms in total. The van der Waals surface area contributed by atoms with Gasteiger partial charge in [-0.2, -0.15) is 0 Å². The highest BCUT2D eigenvalue weighted by molar-refractivity contribution is 6.16. The number of carbonyl (C=O) groups is 2. The third-order valence-corrected chi connectivity index (χ3v) is 5.68. The van der Waals surface area contributed by atoms with Gasteiger partial charge in [0.2, 0.25) is 0 Å². The number of carbonyl (C=O) groups excluding carboxylic acids is 2. The second kappa shape index (κ2) is 9.66. The van der Waals surface area contributed by atoms with Crippen LogP contribution in [0.2, 0.25) is 0 Å². The molecule has 1 atom stereocenters. The summed E-state index contributed by atoms with van der Waals surface area (Å²) in [5.74, 6) is -2.52. The summed E-state index contributed by atoms with van der Waals surface area (Å²) >= 11 is 0. The number of Topliss-reactive ketones (excluding diaryl/α,β-unsaturated/α-hetero) is 1. The van der Waals surface area contributed by atoms with Crippen molar-refractivity contribution in [2.45, 2.75) is 32.2 Å². The summed E-state index contributed by atoms with van der Waals surface area (Å²) in [4.78, 5) is 27.6. The van der Waals surface area contributed by atoms with Crippen molar-refractivity contribution in [3.8, 4) is 5.75 Å². The van der Waals surface area contributed by atoms with Gasteiger partial charge in [-0.25, -0.2) is 0 Å². The molecule has 1 unspecified atom stereocenters. The third-order valence-electron chi connectivity index (χ3n) is 5.68. The van der Waals surface area contributed by atoms with E-state index in [9.17, 15) is 27.9 Å². The molecule has 1 amide bonds. The zero-order chi connectivity index (χ0) is 25.2. The number of halogens is 3. The van der Waals surface area contributed by atoms with Gasteiger partial charge in [-0.3, -0.25) is 14.5 Å². The Hall–Kier alpha value is -4.07. The first-order chi connectivity index (χ1) is 16.6. The van der Waals surface area contributed by atoms with Crippen molar-refractivity contribution in [3.63, 3.8) is 0 Å². The molecule has 0 spiro atoms. The molecular formula is C27H22F3NO4. The van der Waals surface area contributed by atoms with Gasteiger partial charge in [0.05, 0.1) is 11.6 Å². The van der Waals surface area contributed by atoms with Crippen molar-refractivity contribution in [2.24, 2.45) is 0 Å². The van der Waals surface area contributed by atoms with E-state index in [1.54, 1.807) is 18.2 Å². The summed E-state index contributed by atoms with van der Waals surface area (Å²) in [6, 6.07) is 20.3. The highest BCUT2D eigenvalue weighted by atomic mass is 19.4. The first-order valence-corrected chi connectivity index (χ1v) is 10.9. The van der Waals surface area contributed by atoms with E-state index in [1.165, 1.54) is 12.1 Å². The molecule has 35 heavy (non-hydrogen) atoms. The number of amides is 1. The van der Waals surface area contributed by atoms with E-state index in [0.717, 1.165) is 28.2 Å². The lowest BCUT2D eigenvalue weighted by molar-refractivity contribution is -0.274. The second-order valence-corrected chi connectivity index (χ2v) is 8.21. The Kier molecular flexibility index (Phi) is 6.64. The molecule has 1 N–H and O–H groups in total. The number of hydrogen-bond acceptors (Lipinski definition) is 4. The van der Waals surface area contributed by atoms with Gasteiger partial charge in [0.25, 0.3) is 5.91 Å². The van der Waals surface area contributed by atoms with Crippen LogP contribution in [0.3, 0.4) is 0 Å². The van der Waals surface area contributed by atoms with Gasteiger partial charge in [0.15, 0.2) is 11.5 Å². The second-order valence-electron chi connectivity index (χ2n) is 8.21. The van der Waals surface area contributed by atoms with Crippen molar-refractivity contribution in [3.05, 3.63) is 107 Å². The Morgan fingerprint density at radius 1 is 1.00 bits per heavy atom. The summed E-state index contributed by atoms with van der Waals surface area (Å²) in [7, 11) is 0. The summed E-state index contributed by atoms with van der Waals surface area (Å²) in [5.41, 5.74) is 2.30. The Morgan fingerprint density at radius 3 is 2.40 bits per heavy atom. The Labute approximate surface area is 200 Å². The monoisotopic (exact) mass is 481 g/mol. The summed E-state index contributed by atoms with van der Waals surface area (Å²) < 4.78 is 42.3. The van der Waals surface area contributed by atoms with Crippen LogP contribution in [0.25, 0.3) is 0 Å². The maximum absolute atomic E-state index is 13.3. The standard InChI is InChI=1S/C27H22F3NO4/c1-17-7-5-10-19(15-17)24-23(22(32)14-13-18-8-3-2-4-9-18)25(33)26(34)31(24)20-11-6-12-21(16-20)35-27(28,29)30/h2-12,15-16,24,33H,13-14H2,1H3. The number of rotatable bonds is 7. The number of aliphatic hydroxyl groups is 1. The van der Waals surface area contributed by atoms with Crippen molar-refractivity contribution >= 4 is 17.4 Å². The van der Waals surface area contributed by atoms with E-state index in [2.05, 4.69) is 4.74 Å². The minimum absolute atomic E-state index is 0.0457. The molecule has 1 heterocycles. The van der Waals surface area contributed by atoms with Crippen LogP contribution in [0.5, 0.6) is 5.75 Å². The van der Waals surface area contributed by atoms with Gasteiger partial charge in [-0.15, -0.1) is 13.2 Å². The third kappa shape index (κ3) is 5.37. The lowest BCUT2D eigenvalue weighted by Gasteiger charge is -2.27. The van der Waals surface area contributed by atoms with Crippen molar-refractivity contribution < 1.29 is 32.6 Å². The molecule has 0 fully saturated rings. The average molecular weight is 481 g/mol. The molecule has 1 aliphatic rings. The summed E-state index contributed by atoms with van der Waals surface area (Å²) in [6.45, 7) is 1.84. The lowest BCUT2D eigenvalue weighted by Crippen LogP contribution is -2.31. The highest BCUT2D eigenvalue weighted by Gasteiger charge is 2.44. The zero-order valence-electron chi connectivity index (χ0n) is 18.8. The molecule has 180 valence electrons. The molecular weight excluding hydrogens is 459 g/mol. The van der Waals surface area contributed by atoms with Crippen LogP contribution in [0.1, 0.15) is 29.2 Å². The number of aliphatic hydroxyl groups excluding tert-OH is 1. The van der Waals surface area contributed by atoms with Gasteiger partial charge in [0, 0.05) is 18.2 Å². The average Bonchev–Trinajstić information content (AvgIpc) is 3.08. The predicted octanol–water partition coefficient (Wildman–Crippen LogP) is 6.00. The van der Waals surface area contributed by atoms with E-state index >= 15 is 0 Å². The number of ether oxygens (including phenoxy) is 1. The number of hydrogen-bond donors (Lipinski definition) is 1. The summed E-state index contributed by atoms with van der Waals surface area (Å²) in [6.07, 6.45) is -4.47. The van der Waals surface area contributed by atoms with E-state index < -0.39 is 35.6 Å². The molecule has 0 aliphatic carbocycles. The van der Waals surface area contributed by atoms with Gasteiger partial charge in [0.1, 0.15) is 5.75 Å². The van der Waals surface area contributed by atoms with Crippen LogP contribution in [-0.2, 0) is 16.0 Å². The molecule has 0 saturated carbocycles. The highest BCUT2D eigenvalue weighted by Crippen LogP contribution is 2.42. The molecule has 1 aliphatic heterocycles. The van der Waals surface area contributed by atoms with Gasteiger partial charge < -0.3 is 9.84 Å². The number of ketones is 1. The lowest BCUT2D eigenvalue weighted by atomic mass is 9.92. The fourth-order valence-corrected chi connectivity index (χ4v) is 4.18. The number of aryl methyl sites for hydroxylation is 2. The normalized spacial score (nSPS) is 16.1. The fourth-order valence-electron chi connectivity index (χ4n) is 4.18. The number of alkyl halides is 3. The molecule has 4 rings (SSSR count). The largest absolute Gasteiger partial charge is 0.573 e. The molecule has 0 radical (unpaired) electrons. The molecule has 0 bridgehead atoms. The minimum Gasteiger partial charge on any atom is -0.503 e. The maximum atomic E-state index is 13.3. The Balaban J connectivity index is 1.73. The van der Waals surface area contributed by atoms with E-state index in [-0.39, 0.29) is 17.7 Å². The van der Waals surface area contributed by atoms with Crippen LogP contribution in [0, 0.1) is 6.92 Å². The number of benzene rings is 3. The van der Waals surface area contributed by atoms with Gasteiger partial charge >= 0.3 is 6.36 Å². The van der Waals surface area contributed by atoms with Crippen LogP contribution < -0.4 is 9.64 Å². The van der Waals surface area contributed by atoms with Crippen LogP contribution in [0.4, 0.5) is 18.9 Å². The van der Waals surface area contributed by atoms with Gasteiger partial charge in [-0.05, 0) is 36.6 Å². The molecule has 8 heteroatoms. The topological polar surface area (TPSA) is 66.8 Å². The van der Waals surface area contributed by atoms with Crippen molar-refractivity contribution in [1.82, 2.24) is 0 Å².